The maximum Gasteiger partial charge on any atom is 0.407 e. The van der Waals surface area contributed by atoms with Crippen molar-refractivity contribution in [1.29, 1.82) is 0 Å². The number of fused-ring (bicyclic) bond motifs is 1. The van der Waals surface area contributed by atoms with Crippen LogP contribution in [0.25, 0.3) is 11.0 Å². The summed E-state index contributed by atoms with van der Waals surface area (Å²) in [6.07, 6.45) is 4.90. The quantitative estimate of drug-likeness (QED) is 0.384. The lowest BCUT2D eigenvalue weighted by Crippen LogP contribution is -2.37. The zero-order valence-electron chi connectivity index (χ0n) is 21.6. The van der Waals surface area contributed by atoms with E-state index >= 15 is 0 Å². The van der Waals surface area contributed by atoms with Crippen LogP contribution in [0, 0.1) is 11.7 Å². The number of rotatable bonds is 10. The third-order valence-corrected chi connectivity index (χ3v) is 5.98. The minimum Gasteiger partial charge on any atom is -0.465 e. The van der Waals surface area contributed by atoms with Gasteiger partial charge in [-0.15, -0.1) is 0 Å². The fourth-order valence-electron chi connectivity index (χ4n) is 3.75. The van der Waals surface area contributed by atoms with Crippen LogP contribution in [0.2, 0.25) is 0 Å². The van der Waals surface area contributed by atoms with Gasteiger partial charge in [0.15, 0.2) is 0 Å². The van der Waals surface area contributed by atoms with Crippen LogP contribution >= 0.6 is 0 Å². The Morgan fingerprint density at radius 1 is 1.24 bits per heavy atom. The Morgan fingerprint density at radius 2 is 1.97 bits per heavy atom. The third kappa shape index (κ3) is 6.81. The number of hydrogen-bond donors (Lipinski definition) is 2. The van der Waals surface area contributed by atoms with Gasteiger partial charge in [0.05, 0.1) is 36.0 Å². The van der Waals surface area contributed by atoms with E-state index in [0.717, 1.165) is 4.90 Å². The van der Waals surface area contributed by atoms with E-state index in [0.29, 0.717) is 23.3 Å². The smallest absolute Gasteiger partial charge is 0.407 e. The molecule has 2 N–H and O–H groups in total. The third-order valence-electron chi connectivity index (χ3n) is 5.98. The predicted molar refractivity (Wildman–Crippen MR) is 138 cm³/mol. The van der Waals surface area contributed by atoms with Gasteiger partial charge in [-0.25, -0.2) is 19.2 Å². The summed E-state index contributed by atoms with van der Waals surface area (Å²) in [5.74, 6) is -1.50. The first-order chi connectivity index (χ1) is 18.0. The number of nitrogens with zero attached hydrogens (tertiary/aromatic N) is 6. The molecule has 0 saturated heterocycles. The van der Waals surface area contributed by atoms with E-state index in [9.17, 15) is 28.7 Å². The van der Waals surface area contributed by atoms with Crippen molar-refractivity contribution in [2.45, 2.75) is 19.4 Å². The fraction of sp³-hybridized carbons (Fsp3) is 0.360. The van der Waals surface area contributed by atoms with Gasteiger partial charge in [-0.05, 0) is 31.1 Å². The number of carbonyl (C=O) groups is 3. The van der Waals surface area contributed by atoms with Crippen LogP contribution in [0.4, 0.5) is 14.9 Å². The predicted octanol–water partition coefficient (Wildman–Crippen LogP) is 1.91. The van der Waals surface area contributed by atoms with Gasteiger partial charge < -0.3 is 24.8 Å². The largest absolute Gasteiger partial charge is 0.465 e. The Labute approximate surface area is 218 Å². The number of aryl methyl sites for hydroxylation is 1. The van der Waals surface area contributed by atoms with Crippen molar-refractivity contribution in [2.24, 2.45) is 13.0 Å². The molecule has 1 aromatic carbocycles. The average Bonchev–Trinajstić information content (AvgIpc) is 3.16. The highest BCUT2D eigenvalue weighted by molar-refractivity contribution is 5.92. The Morgan fingerprint density at radius 3 is 2.66 bits per heavy atom. The van der Waals surface area contributed by atoms with Gasteiger partial charge in [0.1, 0.15) is 17.3 Å². The molecule has 0 aliphatic heterocycles. The number of benzene rings is 1. The van der Waals surface area contributed by atoms with Crippen molar-refractivity contribution in [3.8, 4) is 0 Å². The molecule has 0 bridgehead atoms. The van der Waals surface area contributed by atoms with Gasteiger partial charge in [0, 0.05) is 40.8 Å². The molecule has 0 spiro atoms. The average molecular weight is 528 g/mol. The summed E-state index contributed by atoms with van der Waals surface area (Å²) in [5, 5.41) is 11.8. The Balaban J connectivity index is 1.78. The van der Waals surface area contributed by atoms with Crippen molar-refractivity contribution in [2.75, 3.05) is 33.0 Å². The molecule has 0 fully saturated rings. The van der Waals surface area contributed by atoms with E-state index < -0.39 is 29.3 Å². The standard InChI is InChI=1S/C25H30FN7O5/c1-30(2)22(34)8-6-5-7-16(13-31(3)25(37)38)23(35)29-19-12-27-15-33(24(19)36)14-21-28-18-11-17(26)9-10-20(18)32(21)4/h6,8-12,15-16H,5,7,13-14H2,1-4H3,(H,29,35)(H,37,38)/b8-6+/t16-/m0/s1. The second-order valence-corrected chi connectivity index (χ2v) is 9.02. The number of imidazole rings is 1. The second-order valence-electron chi connectivity index (χ2n) is 9.02. The van der Waals surface area contributed by atoms with E-state index in [4.69, 9.17) is 0 Å². The summed E-state index contributed by atoms with van der Waals surface area (Å²) in [7, 11) is 6.31. The molecule has 3 rings (SSSR count). The second kappa shape index (κ2) is 12.1. The number of aromatic nitrogens is 4. The van der Waals surface area contributed by atoms with Crippen LogP contribution in [-0.2, 0) is 23.2 Å². The van der Waals surface area contributed by atoms with Crippen LogP contribution in [0.1, 0.15) is 18.7 Å². The number of carbonyl (C=O) groups excluding carboxylic acids is 2. The number of anilines is 1. The van der Waals surface area contributed by atoms with Crippen LogP contribution in [0.3, 0.4) is 0 Å². The topological polar surface area (TPSA) is 143 Å². The number of nitrogens with one attached hydrogen (secondary N) is 1. The molecule has 3 aromatic rings. The number of likely N-dealkylation sites (N-methyl/N-ethyl adjacent to an activating group) is 1. The monoisotopic (exact) mass is 527 g/mol. The van der Waals surface area contributed by atoms with E-state index in [1.807, 2.05) is 0 Å². The SMILES string of the molecule is CN(C)C(=O)/C=C/CC[C@@H](CN(C)C(=O)O)C(=O)Nc1cncn(Cc2nc3cc(F)ccc3n2C)c1=O. The maximum absolute atomic E-state index is 13.6. The van der Waals surface area contributed by atoms with E-state index in [2.05, 4.69) is 15.3 Å². The van der Waals surface area contributed by atoms with Gasteiger partial charge in [0.25, 0.3) is 5.56 Å². The summed E-state index contributed by atoms with van der Waals surface area (Å²) in [5.41, 5.74) is 0.523. The molecule has 0 radical (unpaired) electrons. The molecule has 0 aliphatic rings. The van der Waals surface area contributed by atoms with Gasteiger partial charge in [-0.2, -0.15) is 0 Å². The van der Waals surface area contributed by atoms with Crippen LogP contribution in [0.15, 0.2) is 47.7 Å². The van der Waals surface area contributed by atoms with E-state index in [1.165, 1.54) is 47.2 Å². The maximum atomic E-state index is 13.6. The van der Waals surface area contributed by atoms with Gasteiger partial charge >= 0.3 is 6.09 Å². The molecule has 3 amide bonds. The van der Waals surface area contributed by atoms with E-state index in [1.54, 1.807) is 37.9 Å². The fourth-order valence-corrected chi connectivity index (χ4v) is 3.75. The van der Waals surface area contributed by atoms with Crippen molar-refractivity contribution in [3.63, 3.8) is 0 Å². The minimum absolute atomic E-state index is 0.0260. The molecule has 0 unspecified atom stereocenters. The zero-order chi connectivity index (χ0) is 28.0. The number of amides is 3. The first kappa shape index (κ1) is 28.0. The molecule has 0 saturated carbocycles. The summed E-state index contributed by atoms with van der Waals surface area (Å²) < 4.78 is 16.6. The first-order valence-electron chi connectivity index (χ1n) is 11.8. The highest BCUT2D eigenvalue weighted by Crippen LogP contribution is 2.17. The number of carboxylic acid groups (broad SMARTS) is 1. The summed E-state index contributed by atoms with van der Waals surface area (Å²) in [6.45, 7) is -0.0836. The molecule has 0 aliphatic carbocycles. The number of hydrogen-bond acceptors (Lipinski definition) is 6. The van der Waals surface area contributed by atoms with E-state index in [-0.39, 0.29) is 31.1 Å². The normalized spacial score (nSPS) is 12.0. The summed E-state index contributed by atoms with van der Waals surface area (Å²) in [6, 6.07) is 4.22. The van der Waals surface area contributed by atoms with Crippen LogP contribution in [-0.4, -0.2) is 79.6 Å². The molecule has 13 heteroatoms. The molecular formula is C25H30FN7O5. The van der Waals surface area contributed by atoms with Crippen LogP contribution < -0.4 is 10.9 Å². The van der Waals surface area contributed by atoms with Crippen molar-refractivity contribution >= 4 is 34.6 Å². The lowest BCUT2D eigenvalue weighted by molar-refractivity contribution is -0.123. The molecule has 2 heterocycles. The molecule has 1 atom stereocenters. The summed E-state index contributed by atoms with van der Waals surface area (Å²) >= 11 is 0. The molecular weight excluding hydrogens is 497 g/mol. The Kier molecular flexibility index (Phi) is 8.94. The summed E-state index contributed by atoms with van der Waals surface area (Å²) in [4.78, 5) is 60.0. The Hall–Kier alpha value is -4.55. The molecule has 12 nitrogen and oxygen atoms in total. The van der Waals surface area contributed by atoms with Crippen molar-refractivity contribution < 1.29 is 23.9 Å². The van der Waals surface area contributed by atoms with Crippen molar-refractivity contribution in [1.82, 2.24) is 28.9 Å². The van der Waals surface area contributed by atoms with Gasteiger partial charge in [0.2, 0.25) is 11.8 Å². The molecule has 202 valence electrons. The van der Waals surface area contributed by atoms with Gasteiger partial charge in [-0.3, -0.25) is 19.0 Å². The molecule has 2 aromatic heterocycles. The highest BCUT2D eigenvalue weighted by atomic mass is 19.1. The first-order valence-corrected chi connectivity index (χ1v) is 11.8. The Bertz CT molecular complexity index is 1430. The molecule has 38 heavy (non-hydrogen) atoms. The number of allylic oxidation sites excluding steroid dienone is 1. The lowest BCUT2D eigenvalue weighted by Gasteiger charge is -2.21. The highest BCUT2D eigenvalue weighted by Gasteiger charge is 2.23. The van der Waals surface area contributed by atoms with Crippen molar-refractivity contribution in [3.05, 3.63) is 64.9 Å². The lowest BCUT2D eigenvalue weighted by atomic mass is 10.0. The zero-order valence-corrected chi connectivity index (χ0v) is 21.6. The number of halogens is 1. The van der Waals surface area contributed by atoms with Crippen LogP contribution in [0.5, 0.6) is 0 Å². The van der Waals surface area contributed by atoms with Gasteiger partial charge in [-0.1, -0.05) is 6.08 Å². The minimum atomic E-state index is -1.20.